The monoisotopic (exact) mass is 260 g/mol. The Kier molecular flexibility index (Phi) is 2.48. The van der Waals surface area contributed by atoms with Gasteiger partial charge in [-0.05, 0) is 25.3 Å². The summed E-state index contributed by atoms with van der Waals surface area (Å²) in [7, 11) is 0. The largest absolute Gasteiger partial charge is 0.383 e. The van der Waals surface area contributed by atoms with Crippen molar-refractivity contribution in [3.05, 3.63) is 28.9 Å². The summed E-state index contributed by atoms with van der Waals surface area (Å²) in [6, 6.07) is 1.93. The molecular formula is C11H12N6S. The van der Waals surface area contributed by atoms with Crippen molar-refractivity contribution in [3.63, 3.8) is 0 Å². The van der Waals surface area contributed by atoms with Gasteiger partial charge in [0.25, 0.3) is 0 Å². The highest BCUT2D eigenvalue weighted by atomic mass is 32.1. The van der Waals surface area contributed by atoms with E-state index in [1.807, 2.05) is 25.3 Å². The molecule has 3 aromatic rings. The fourth-order valence-corrected chi connectivity index (χ4v) is 2.63. The van der Waals surface area contributed by atoms with E-state index < -0.39 is 0 Å². The number of aryl methyl sites for hydroxylation is 2. The molecule has 0 aromatic carbocycles. The average Bonchev–Trinajstić information content (AvgIpc) is 2.86. The molecule has 0 spiro atoms. The van der Waals surface area contributed by atoms with Crippen LogP contribution in [0.1, 0.15) is 17.5 Å². The predicted molar refractivity (Wildman–Crippen MR) is 70.4 cm³/mol. The van der Waals surface area contributed by atoms with Gasteiger partial charge in [-0.25, -0.2) is 19.6 Å². The summed E-state index contributed by atoms with van der Waals surface area (Å²) in [4.78, 5) is 13.9. The molecule has 0 saturated carbocycles. The molecule has 0 aliphatic carbocycles. The van der Waals surface area contributed by atoms with Crippen molar-refractivity contribution in [2.45, 2.75) is 20.4 Å². The molecule has 18 heavy (non-hydrogen) atoms. The van der Waals surface area contributed by atoms with Crippen molar-refractivity contribution >= 4 is 27.4 Å². The number of hydrogen-bond acceptors (Lipinski definition) is 6. The van der Waals surface area contributed by atoms with Crippen molar-refractivity contribution < 1.29 is 0 Å². The van der Waals surface area contributed by atoms with Gasteiger partial charge in [-0.2, -0.15) is 5.10 Å². The van der Waals surface area contributed by atoms with Crippen LogP contribution in [0.25, 0.3) is 10.2 Å². The van der Waals surface area contributed by atoms with Crippen LogP contribution in [0.2, 0.25) is 0 Å². The third-order valence-corrected chi connectivity index (χ3v) is 3.46. The van der Waals surface area contributed by atoms with Crippen LogP contribution < -0.4 is 5.73 Å². The highest BCUT2D eigenvalue weighted by Gasteiger charge is 2.09. The maximum atomic E-state index is 5.91. The Bertz CT molecular complexity index is 713. The fourth-order valence-electron chi connectivity index (χ4n) is 1.84. The molecular weight excluding hydrogens is 248 g/mol. The minimum atomic E-state index is 0.491. The number of thiophene rings is 1. The highest BCUT2D eigenvalue weighted by molar-refractivity contribution is 7.16. The number of aromatic nitrogens is 5. The molecule has 0 saturated heterocycles. The summed E-state index contributed by atoms with van der Waals surface area (Å²) in [5.41, 5.74) is 5.91. The van der Waals surface area contributed by atoms with Gasteiger partial charge in [0.15, 0.2) is 5.82 Å². The molecule has 0 bridgehead atoms. The number of rotatable bonds is 2. The molecule has 0 atom stereocenters. The summed E-state index contributed by atoms with van der Waals surface area (Å²) in [6.07, 6.45) is 0. The predicted octanol–water partition coefficient (Wildman–Crippen LogP) is 1.53. The Morgan fingerprint density at radius 2 is 2.11 bits per heavy atom. The van der Waals surface area contributed by atoms with E-state index in [2.05, 4.69) is 20.1 Å². The van der Waals surface area contributed by atoms with Crippen molar-refractivity contribution in [2.75, 3.05) is 5.73 Å². The Balaban J connectivity index is 2.02. The highest BCUT2D eigenvalue weighted by Crippen LogP contribution is 2.22. The molecule has 0 fully saturated rings. The van der Waals surface area contributed by atoms with E-state index in [4.69, 9.17) is 5.73 Å². The molecule has 92 valence electrons. The number of nitrogens with zero attached hydrogens (tertiary/aromatic N) is 5. The van der Waals surface area contributed by atoms with Gasteiger partial charge in [0.2, 0.25) is 0 Å². The summed E-state index contributed by atoms with van der Waals surface area (Å²) in [6.45, 7) is 4.26. The molecule has 3 aromatic heterocycles. The summed E-state index contributed by atoms with van der Waals surface area (Å²) in [5.74, 6) is 2.78. The van der Waals surface area contributed by atoms with E-state index in [0.717, 1.165) is 21.9 Å². The Hall–Kier alpha value is -2.02. The van der Waals surface area contributed by atoms with Gasteiger partial charge >= 0.3 is 0 Å². The van der Waals surface area contributed by atoms with Gasteiger partial charge in [0, 0.05) is 0 Å². The van der Waals surface area contributed by atoms with Crippen LogP contribution >= 0.6 is 11.3 Å². The molecule has 0 aliphatic heterocycles. The number of fused-ring (bicyclic) bond motifs is 1. The Morgan fingerprint density at radius 3 is 2.83 bits per heavy atom. The number of nitrogens with two attached hydrogens (primary N) is 1. The molecule has 2 N–H and O–H groups in total. The van der Waals surface area contributed by atoms with Gasteiger partial charge in [-0.3, -0.25) is 0 Å². The first-order valence-corrected chi connectivity index (χ1v) is 6.39. The standard InChI is InChI=1S/C11H12N6S/c1-6-13-7(2)17(16-6)5-9-14-10(12)8-3-4-18-11(8)15-9/h3-4H,5H2,1-2H3,(H2,12,14,15). The summed E-state index contributed by atoms with van der Waals surface area (Å²) >= 11 is 1.56. The Labute approximate surface area is 108 Å². The van der Waals surface area contributed by atoms with E-state index in [1.165, 1.54) is 0 Å². The average molecular weight is 260 g/mol. The van der Waals surface area contributed by atoms with E-state index in [1.54, 1.807) is 16.0 Å². The number of nitrogen functional groups attached to an aromatic ring is 1. The van der Waals surface area contributed by atoms with Gasteiger partial charge in [-0.1, -0.05) is 0 Å². The van der Waals surface area contributed by atoms with Gasteiger partial charge in [-0.15, -0.1) is 11.3 Å². The van der Waals surface area contributed by atoms with Crippen LogP contribution in [-0.2, 0) is 6.54 Å². The first kappa shape index (κ1) is 11.1. The normalized spacial score (nSPS) is 11.2. The van der Waals surface area contributed by atoms with Gasteiger partial charge in [0.05, 0.1) is 5.39 Å². The third-order valence-electron chi connectivity index (χ3n) is 2.65. The van der Waals surface area contributed by atoms with Crippen LogP contribution in [-0.4, -0.2) is 24.7 Å². The maximum Gasteiger partial charge on any atom is 0.153 e. The quantitative estimate of drug-likeness (QED) is 0.755. The first-order valence-electron chi connectivity index (χ1n) is 5.51. The van der Waals surface area contributed by atoms with E-state index in [9.17, 15) is 0 Å². The molecule has 0 unspecified atom stereocenters. The lowest BCUT2D eigenvalue weighted by Gasteiger charge is -2.03. The molecule has 0 aliphatic rings. The number of anilines is 1. The smallest absolute Gasteiger partial charge is 0.153 e. The molecule has 7 heteroatoms. The van der Waals surface area contributed by atoms with Crippen LogP contribution in [0, 0.1) is 13.8 Å². The lowest BCUT2D eigenvalue weighted by molar-refractivity contribution is 0.632. The van der Waals surface area contributed by atoms with Crippen LogP contribution in [0.4, 0.5) is 5.82 Å². The SMILES string of the molecule is Cc1nc(C)n(Cc2nc(N)c3ccsc3n2)n1. The summed E-state index contributed by atoms with van der Waals surface area (Å²) < 4.78 is 1.78. The number of hydrogen-bond donors (Lipinski definition) is 1. The minimum absolute atomic E-state index is 0.491. The van der Waals surface area contributed by atoms with Crippen molar-refractivity contribution in [1.82, 2.24) is 24.7 Å². The molecule has 3 rings (SSSR count). The molecule has 3 heterocycles. The van der Waals surface area contributed by atoms with E-state index in [-0.39, 0.29) is 0 Å². The van der Waals surface area contributed by atoms with E-state index in [0.29, 0.717) is 18.2 Å². The zero-order chi connectivity index (χ0) is 12.7. The fraction of sp³-hybridized carbons (Fsp3) is 0.273. The minimum Gasteiger partial charge on any atom is -0.383 e. The lowest BCUT2D eigenvalue weighted by Crippen LogP contribution is -2.09. The lowest BCUT2D eigenvalue weighted by atomic mass is 10.4. The Morgan fingerprint density at radius 1 is 1.28 bits per heavy atom. The molecule has 0 radical (unpaired) electrons. The second-order valence-electron chi connectivity index (χ2n) is 4.03. The van der Waals surface area contributed by atoms with Crippen molar-refractivity contribution in [1.29, 1.82) is 0 Å². The first-order chi connectivity index (χ1) is 8.63. The van der Waals surface area contributed by atoms with Gasteiger partial charge < -0.3 is 5.73 Å². The maximum absolute atomic E-state index is 5.91. The second-order valence-corrected chi connectivity index (χ2v) is 4.92. The zero-order valence-corrected chi connectivity index (χ0v) is 10.9. The third kappa shape index (κ3) is 1.82. The topological polar surface area (TPSA) is 82.5 Å². The van der Waals surface area contributed by atoms with Crippen LogP contribution in [0.3, 0.4) is 0 Å². The summed E-state index contributed by atoms with van der Waals surface area (Å²) in [5, 5.41) is 7.17. The zero-order valence-electron chi connectivity index (χ0n) is 10.1. The van der Waals surface area contributed by atoms with Gasteiger partial charge in [0.1, 0.15) is 28.8 Å². The van der Waals surface area contributed by atoms with Crippen LogP contribution in [0.5, 0.6) is 0 Å². The van der Waals surface area contributed by atoms with Crippen molar-refractivity contribution in [2.24, 2.45) is 0 Å². The van der Waals surface area contributed by atoms with E-state index >= 15 is 0 Å². The second kappa shape index (κ2) is 4.02. The van der Waals surface area contributed by atoms with Crippen LogP contribution in [0.15, 0.2) is 11.4 Å². The molecule has 0 amide bonds. The van der Waals surface area contributed by atoms with Crippen molar-refractivity contribution in [3.8, 4) is 0 Å². The molecule has 6 nitrogen and oxygen atoms in total.